The van der Waals surface area contributed by atoms with E-state index >= 15 is 0 Å². The molecule has 0 aromatic carbocycles. The predicted molar refractivity (Wildman–Crippen MR) is 45.5 cm³/mol. The van der Waals surface area contributed by atoms with Crippen LogP contribution in [0.25, 0.3) is 0 Å². The molecule has 1 atom stereocenters. The van der Waals surface area contributed by atoms with E-state index in [9.17, 15) is 4.79 Å². The lowest BCUT2D eigenvalue weighted by atomic mass is 10.2. The Morgan fingerprint density at radius 2 is 2.08 bits per heavy atom. The molecule has 0 rings (SSSR count). The molecule has 0 aliphatic rings. The van der Waals surface area contributed by atoms with E-state index in [0.29, 0.717) is 19.4 Å². The van der Waals surface area contributed by atoms with Crippen molar-refractivity contribution in [2.75, 3.05) is 6.54 Å². The van der Waals surface area contributed by atoms with Gasteiger partial charge < -0.3 is 22.3 Å². The van der Waals surface area contributed by atoms with Crippen LogP contribution in [-0.2, 0) is 4.79 Å². The normalized spacial score (nSPS) is 12.1. The molecule has 70 valence electrons. The molecule has 0 radical (unpaired) electrons. The van der Waals surface area contributed by atoms with Gasteiger partial charge in [0.15, 0.2) is 5.96 Å². The molecule has 6 nitrogen and oxygen atoms in total. The fourth-order valence-electron chi connectivity index (χ4n) is 0.643. The highest BCUT2D eigenvalue weighted by Gasteiger charge is 2.09. The number of carboxylic acids is 1. The van der Waals surface area contributed by atoms with E-state index < -0.39 is 12.0 Å². The molecular formula is C6H14N4O2. The summed E-state index contributed by atoms with van der Waals surface area (Å²) in [5.74, 6) is -0.987. The minimum Gasteiger partial charge on any atom is -0.480 e. The number of aliphatic imine (C=N–C) groups is 1. The van der Waals surface area contributed by atoms with Gasteiger partial charge in [0, 0.05) is 6.54 Å². The highest BCUT2D eigenvalue weighted by atomic mass is 16.4. The zero-order valence-electron chi connectivity index (χ0n) is 6.73. The molecule has 0 fully saturated rings. The Balaban J connectivity index is 3.44. The summed E-state index contributed by atoms with van der Waals surface area (Å²) < 4.78 is 0. The van der Waals surface area contributed by atoms with Gasteiger partial charge in [-0.3, -0.25) is 9.79 Å². The molecule has 0 bridgehead atoms. The number of nitrogens with zero attached hydrogens (tertiary/aromatic N) is 1. The van der Waals surface area contributed by atoms with Crippen LogP contribution in [0.5, 0.6) is 0 Å². The van der Waals surface area contributed by atoms with Crippen LogP contribution >= 0.6 is 0 Å². The quantitative estimate of drug-likeness (QED) is 0.174. The summed E-state index contributed by atoms with van der Waals surface area (Å²) in [5, 5.41) is 8.38. The summed E-state index contributed by atoms with van der Waals surface area (Å²) in [4.78, 5) is 13.9. The van der Waals surface area contributed by atoms with E-state index in [1.807, 2.05) is 0 Å². The monoisotopic (exact) mass is 175 g/mol. The van der Waals surface area contributed by atoms with Crippen molar-refractivity contribution < 1.29 is 9.90 Å². The molecule has 12 heavy (non-hydrogen) atoms. The minimum absolute atomic E-state index is 0.0129. The number of aliphatic carboxylic acids is 1. The van der Waals surface area contributed by atoms with Crippen LogP contribution < -0.4 is 17.2 Å². The predicted octanol–water partition coefficient (Wildman–Crippen LogP) is -1.55. The van der Waals surface area contributed by atoms with Crippen molar-refractivity contribution in [2.24, 2.45) is 22.2 Å². The fraction of sp³-hybridized carbons (Fsp3) is 0.667. The second kappa shape index (κ2) is 5.36. The van der Waals surface area contributed by atoms with Gasteiger partial charge in [-0.2, -0.15) is 0 Å². The van der Waals surface area contributed by atoms with Gasteiger partial charge in [-0.25, -0.2) is 0 Å². The Bertz CT molecular complexity index is 176. The smallest absolute Gasteiger partial charge is 0.320 e. The highest BCUT2D eigenvalue weighted by molar-refractivity contribution is 5.75. The number of rotatable bonds is 5. The average Bonchev–Trinajstić information content (AvgIpc) is 1.97. The van der Waals surface area contributed by atoms with Crippen molar-refractivity contribution in [3.8, 4) is 0 Å². The first kappa shape index (κ1) is 10.7. The summed E-state index contributed by atoms with van der Waals surface area (Å²) >= 11 is 0. The summed E-state index contributed by atoms with van der Waals surface area (Å²) in [6.07, 6.45) is 0.956. The Morgan fingerprint density at radius 1 is 1.50 bits per heavy atom. The molecule has 7 N–H and O–H groups in total. The van der Waals surface area contributed by atoms with Crippen LogP contribution in [0.4, 0.5) is 0 Å². The van der Waals surface area contributed by atoms with Crippen molar-refractivity contribution in [1.82, 2.24) is 0 Å². The number of hydrogen-bond acceptors (Lipinski definition) is 3. The summed E-state index contributed by atoms with van der Waals surface area (Å²) in [7, 11) is 0. The Labute approximate surface area is 70.4 Å². The Morgan fingerprint density at radius 3 is 2.50 bits per heavy atom. The zero-order chi connectivity index (χ0) is 9.56. The van der Waals surface area contributed by atoms with E-state index in [1.54, 1.807) is 0 Å². The average molecular weight is 175 g/mol. The van der Waals surface area contributed by atoms with Gasteiger partial charge in [0.05, 0.1) is 0 Å². The highest BCUT2D eigenvalue weighted by Crippen LogP contribution is 1.94. The van der Waals surface area contributed by atoms with E-state index in [-0.39, 0.29) is 5.96 Å². The topological polar surface area (TPSA) is 128 Å². The van der Waals surface area contributed by atoms with Gasteiger partial charge in [0.2, 0.25) is 0 Å². The van der Waals surface area contributed by atoms with Crippen molar-refractivity contribution in [3.63, 3.8) is 0 Å². The summed E-state index contributed by atoms with van der Waals surface area (Å²) in [6.45, 7) is 0.420. The maximum Gasteiger partial charge on any atom is 0.320 e. The van der Waals surface area contributed by atoms with E-state index in [0.717, 1.165) is 0 Å². The molecule has 0 amide bonds. The van der Waals surface area contributed by atoms with Crippen molar-refractivity contribution in [1.29, 1.82) is 0 Å². The van der Waals surface area contributed by atoms with Crippen LogP contribution in [0, 0.1) is 0 Å². The van der Waals surface area contributed by atoms with E-state index in [1.165, 1.54) is 0 Å². The third-order valence-electron chi connectivity index (χ3n) is 1.28. The third-order valence-corrected chi connectivity index (χ3v) is 1.28. The van der Waals surface area contributed by atoms with Crippen LogP contribution in [0.1, 0.15) is 12.8 Å². The molecule has 0 spiro atoms. The van der Waals surface area contributed by atoms with Crippen molar-refractivity contribution in [2.45, 2.75) is 18.9 Å². The third kappa shape index (κ3) is 5.48. The molecule has 0 aliphatic heterocycles. The zero-order valence-corrected chi connectivity index (χ0v) is 6.73. The Kier molecular flexibility index (Phi) is 4.78. The van der Waals surface area contributed by atoms with Crippen molar-refractivity contribution >= 4 is 11.9 Å². The Hall–Kier alpha value is -1.30. The lowest BCUT2D eigenvalue weighted by molar-refractivity contribution is -0.138. The first-order chi connectivity index (χ1) is 5.54. The summed E-state index contributed by atoms with van der Waals surface area (Å²) in [5.41, 5.74) is 15.3. The fourth-order valence-corrected chi connectivity index (χ4v) is 0.643. The molecular weight excluding hydrogens is 161 g/mol. The standard InChI is InChI=1S/C6H14N4O2/c7-4(5(11)12)2-1-3-10-6(8)9/h4H,1-3,7H2,(H,11,12)(H4,8,9,10)/t4-/m0/s1/i3+1. The van der Waals surface area contributed by atoms with Crippen LogP contribution in [-0.4, -0.2) is 29.6 Å². The second-order valence-corrected chi connectivity index (χ2v) is 2.39. The van der Waals surface area contributed by atoms with Crippen LogP contribution in [0.3, 0.4) is 0 Å². The molecule has 6 heteroatoms. The van der Waals surface area contributed by atoms with Crippen molar-refractivity contribution in [3.05, 3.63) is 0 Å². The molecule has 0 heterocycles. The first-order valence-electron chi connectivity index (χ1n) is 3.58. The number of carbonyl (C=O) groups is 1. The van der Waals surface area contributed by atoms with E-state index in [4.69, 9.17) is 22.3 Å². The SMILES string of the molecule is NC(N)=N[13CH2]CC[C@H](N)C(=O)O. The van der Waals surface area contributed by atoms with Gasteiger partial charge in [0.25, 0.3) is 0 Å². The van der Waals surface area contributed by atoms with E-state index in [2.05, 4.69) is 4.99 Å². The number of guanidine groups is 1. The second-order valence-electron chi connectivity index (χ2n) is 2.39. The van der Waals surface area contributed by atoms with Gasteiger partial charge in [-0.1, -0.05) is 0 Å². The molecule has 0 aliphatic carbocycles. The van der Waals surface area contributed by atoms with Crippen LogP contribution in [0.15, 0.2) is 4.99 Å². The largest absolute Gasteiger partial charge is 0.480 e. The first-order valence-corrected chi connectivity index (χ1v) is 3.58. The number of carboxylic acid groups (broad SMARTS) is 1. The summed E-state index contributed by atoms with van der Waals surface area (Å²) in [6, 6.07) is -0.820. The molecule has 0 saturated carbocycles. The lowest BCUT2D eigenvalue weighted by Crippen LogP contribution is -2.30. The maximum absolute atomic E-state index is 10.2. The molecule has 0 unspecified atom stereocenters. The number of hydrogen-bond donors (Lipinski definition) is 4. The van der Waals surface area contributed by atoms with Gasteiger partial charge in [-0.05, 0) is 12.8 Å². The molecule has 0 aromatic rings. The number of nitrogens with two attached hydrogens (primary N) is 3. The van der Waals surface area contributed by atoms with Gasteiger partial charge in [0.1, 0.15) is 6.04 Å². The van der Waals surface area contributed by atoms with Crippen LogP contribution in [0.2, 0.25) is 0 Å². The minimum atomic E-state index is -1.00. The molecule has 0 aromatic heterocycles. The van der Waals surface area contributed by atoms with Gasteiger partial charge in [-0.15, -0.1) is 0 Å². The van der Waals surface area contributed by atoms with Gasteiger partial charge >= 0.3 is 5.97 Å². The molecule has 0 saturated heterocycles. The maximum atomic E-state index is 10.2. The lowest BCUT2D eigenvalue weighted by Gasteiger charge is -2.03.